The van der Waals surface area contributed by atoms with Crippen LogP contribution >= 0.6 is 24.0 Å². The lowest BCUT2D eigenvalue weighted by atomic mass is 9.64. The Hall–Kier alpha value is -1.02. The van der Waals surface area contributed by atoms with E-state index in [2.05, 4.69) is 42.6 Å². The summed E-state index contributed by atoms with van der Waals surface area (Å²) >= 11 is 6.05. The van der Waals surface area contributed by atoms with Crippen LogP contribution in [0.15, 0.2) is 42.5 Å². The van der Waals surface area contributed by atoms with Crippen LogP contribution in [0.1, 0.15) is 35.1 Å². The highest BCUT2D eigenvalue weighted by Crippen LogP contribution is 2.45. The van der Waals surface area contributed by atoms with Crippen molar-refractivity contribution in [1.82, 2.24) is 5.32 Å². The van der Waals surface area contributed by atoms with Gasteiger partial charge in [-0.1, -0.05) is 47.5 Å². The Kier molecular flexibility index (Phi) is 4.73. The van der Waals surface area contributed by atoms with E-state index < -0.39 is 0 Å². The molecule has 0 bridgehead atoms. The van der Waals surface area contributed by atoms with Crippen LogP contribution in [0, 0.1) is 6.92 Å². The van der Waals surface area contributed by atoms with Crippen LogP contribution in [0.3, 0.4) is 0 Å². The maximum Gasteiger partial charge on any atom is 0.0406 e. The molecule has 1 aliphatic carbocycles. The van der Waals surface area contributed by atoms with Crippen LogP contribution in [0.5, 0.6) is 0 Å². The van der Waals surface area contributed by atoms with Crippen LogP contribution < -0.4 is 5.32 Å². The highest BCUT2D eigenvalue weighted by Gasteiger charge is 2.47. The molecule has 0 radical (unpaired) electrons. The molecule has 2 aromatic rings. The van der Waals surface area contributed by atoms with Crippen molar-refractivity contribution >= 4 is 24.0 Å². The molecular weight excluding hydrogens is 325 g/mol. The predicted octanol–water partition coefficient (Wildman–Crippen LogP) is 4.86. The molecule has 1 fully saturated rings. The molecular formula is C20H23Cl2N. The van der Waals surface area contributed by atoms with E-state index >= 15 is 0 Å². The number of halogens is 2. The third kappa shape index (κ3) is 2.91. The molecule has 0 spiro atoms. The highest BCUT2D eigenvalue weighted by atomic mass is 35.5. The van der Waals surface area contributed by atoms with Crippen LogP contribution in [-0.4, -0.2) is 12.6 Å². The van der Waals surface area contributed by atoms with Gasteiger partial charge in [0.2, 0.25) is 0 Å². The second kappa shape index (κ2) is 6.47. The second-order valence-electron chi connectivity index (χ2n) is 6.92. The summed E-state index contributed by atoms with van der Waals surface area (Å²) in [6, 6.07) is 16.1. The minimum Gasteiger partial charge on any atom is -0.313 e. The minimum atomic E-state index is 0. The van der Waals surface area contributed by atoms with Gasteiger partial charge in [-0.15, -0.1) is 12.4 Å². The van der Waals surface area contributed by atoms with Gasteiger partial charge in [0.1, 0.15) is 0 Å². The van der Waals surface area contributed by atoms with Gasteiger partial charge in [0, 0.05) is 16.5 Å². The molecule has 2 unspecified atom stereocenters. The van der Waals surface area contributed by atoms with E-state index in [1.807, 2.05) is 12.1 Å². The lowest BCUT2D eigenvalue weighted by Crippen LogP contribution is -2.45. The van der Waals surface area contributed by atoms with E-state index in [9.17, 15) is 0 Å². The zero-order chi connectivity index (χ0) is 15.2. The number of hydrogen-bond acceptors (Lipinski definition) is 1. The summed E-state index contributed by atoms with van der Waals surface area (Å²) in [5.41, 5.74) is 6.18. The zero-order valence-corrected chi connectivity index (χ0v) is 15.0. The minimum absolute atomic E-state index is 0. The van der Waals surface area contributed by atoms with Gasteiger partial charge in [-0.05, 0) is 68.0 Å². The first kappa shape index (κ1) is 16.8. The van der Waals surface area contributed by atoms with Gasteiger partial charge in [0.05, 0.1) is 0 Å². The van der Waals surface area contributed by atoms with Gasteiger partial charge in [-0.3, -0.25) is 0 Å². The average molecular weight is 348 g/mol. The van der Waals surface area contributed by atoms with Crippen LogP contribution in [-0.2, 0) is 18.3 Å². The average Bonchev–Trinajstić information content (AvgIpc) is 2.93. The number of hydrogen-bond donors (Lipinski definition) is 1. The molecule has 1 aliphatic heterocycles. The van der Waals surface area contributed by atoms with Gasteiger partial charge in [-0.2, -0.15) is 0 Å². The summed E-state index contributed by atoms with van der Waals surface area (Å²) in [7, 11) is 0. The van der Waals surface area contributed by atoms with Crippen molar-refractivity contribution in [2.45, 2.75) is 44.1 Å². The van der Waals surface area contributed by atoms with Gasteiger partial charge in [0.15, 0.2) is 0 Å². The van der Waals surface area contributed by atoms with Gasteiger partial charge in [0.25, 0.3) is 0 Å². The van der Waals surface area contributed by atoms with Gasteiger partial charge < -0.3 is 5.32 Å². The molecule has 0 aromatic heterocycles. The summed E-state index contributed by atoms with van der Waals surface area (Å²) in [5, 5.41) is 4.58. The molecule has 23 heavy (non-hydrogen) atoms. The van der Waals surface area contributed by atoms with Crippen molar-refractivity contribution in [2.75, 3.05) is 6.54 Å². The van der Waals surface area contributed by atoms with E-state index in [-0.39, 0.29) is 17.8 Å². The Morgan fingerprint density at radius 1 is 1.17 bits per heavy atom. The maximum absolute atomic E-state index is 6.05. The van der Waals surface area contributed by atoms with Gasteiger partial charge in [-0.25, -0.2) is 0 Å². The Labute approximate surface area is 149 Å². The number of rotatable bonds is 2. The molecule has 4 rings (SSSR count). The molecule has 3 heteroatoms. The molecule has 1 N–H and O–H groups in total. The summed E-state index contributed by atoms with van der Waals surface area (Å²) in [4.78, 5) is 0. The molecule has 1 nitrogen and oxygen atoms in total. The standard InChI is InChI=1S/C20H22ClN.ClH/c1-14-2-8-18-16(12-14)5-9-19-20(18,10-11-22-19)13-15-3-6-17(21)7-4-15;/h2-4,6-8,12,19,22H,5,9-11,13H2,1H3;1H. The number of fused-ring (bicyclic) bond motifs is 3. The highest BCUT2D eigenvalue weighted by molar-refractivity contribution is 6.30. The first-order chi connectivity index (χ1) is 10.7. The van der Waals surface area contributed by atoms with Crippen molar-refractivity contribution in [1.29, 1.82) is 0 Å². The number of nitrogens with one attached hydrogen (secondary N) is 1. The van der Waals surface area contributed by atoms with E-state index in [0.717, 1.165) is 18.0 Å². The fourth-order valence-corrected chi connectivity index (χ4v) is 4.65. The fourth-order valence-electron chi connectivity index (χ4n) is 4.53. The van der Waals surface area contributed by atoms with E-state index in [0.29, 0.717) is 6.04 Å². The Morgan fingerprint density at radius 3 is 2.74 bits per heavy atom. The molecule has 2 aromatic carbocycles. The van der Waals surface area contributed by atoms with Crippen molar-refractivity contribution < 1.29 is 0 Å². The van der Waals surface area contributed by atoms with Crippen LogP contribution in [0.2, 0.25) is 5.02 Å². The largest absolute Gasteiger partial charge is 0.313 e. The number of benzene rings is 2. The molecule has 122 valence electrons. The predicted molar refractivity (Wildman–Crippen MR) is 100.0 cm³/mol. The summed E-state index contributed by atoms with van der Waals surface area (Å²) < 4.78 is 0. The SMILES string of the molecule is Cc1ccc2c(c1)CCC1NCCC21Cc1ccc(Cl)cc1.Cl. The van der Waals surface area contributed by atoms with E-state index in [1.165, 1.54) is 30.4 Å². The second-order valence-corrected chi connectivity index (χ2v) is 7.35. The van der Waals surface area contributed by atoms with Crippen molar-refractivity contribution in [2.24, 2.45) is 0 Å². The van der Waals surface area contributed by atoms with Crippen molar-refractivity contribution in [3.63, 3.8) is 0 Å². The molecule has 1 saturated heterocycles. The zero-order valence-electron chi connectivity index (χ0n) is 13.4. The van der Waals surface area contributed by atoms with E-state index in [4.69, 9.17) is 11.6 Å². The summed E-state index contributed by atoms with van der Waals surface area (Å²) in [6.07, 6.45) is 4.80. The van der Waals surface area contributed by atoms with Crippen molar-refractivity contribution in [3.8, 4) is 0 Å². The summed E-state index contributed by atoms with van der Waals surface area (Å²) in [6.45, 7) is 3.33. The summed E-state index contributed by atoms with van der Waals surface area (Å²) in [5.74, 6) is 0. The molecule has 0 saturated carbocycles. The third-order valence-corrected chi connectivity index (χ3v) is 5.81. The first-order valence-electron chi connectivity index (χ1n) is 8.25. The Morgan fingerprint density at radius 2 is 1.96 bits per heavy atom. The maximum atomic E-state index is 6.05. The Balaban J connectivity index is 0.00000156. The smallest absolute Gasteiger partial charge is 0.0406 e. The molecule has 0 amide bonds. The van der Waals surface area contributed by atoms with Gasteiger partial charge >= 0.3 is 0 Å². The lowest BCUT2D eigenvalue weighted by Gasteiger charge is -2.41. The molecule has 1 heterocycles. The first-order valence-corrected chi connectivity index (χ1v) is 8.63. The van der Waals surface area contributed by atoms with Crippen molar-refractivity contribution in [3.05, 3.63) is 69.7 Å². The number of aryl methyl sites for hydroxylation is 2. The molecule has 2 atom stereocenters. The quantitative estimate of drug-likeness (QED) is 0.817. The Bertz CT molecular complexity index is 695. The topological polar surface area (TPSA) is 12.0 Å². The normalized spacial score (nSPS) is 25.4. The van der Waals surface area contributed by atoms with E-state index in [1.54, 1.807) is 11.1 Å². The molecule has 2 aliphatic rings. The fraction of sp³-hybridized carbons (Fsp3) is 0.400. The van der Waals surface area contributed by atoms with Crippen LogP contribution in [0.4, 0.5) is 0 Å². The third-order valence-electron chi connectivity index (χ3n) is 5.56. The lowest BCUT2D eigenvalue weighted by molar-refractivity contribution is 0.326. The van der Waals surface area contributed by atoms with Crippen LogP contribution in [0.25, 0.3) is 0 Å². The monoisotopic (exact) mass is 347 g/mol.